The third kappa shape index (κ3) is 6.55. The van der Waals surface area contributed by atoms with Crippen molar-refractivity contribution in [2.45, 2.75) is 50.8 Å². The quantitative estimate of drug-likeness (QED) is 0.137. The highest BCUT2D eigenvalue weighted by Crippen LogP contribution is 2.36. The van der Waals surface area contributed by atoms with Crippen molar-refractivity contribution >= 4 is 27.7 Å². The summed E-state index contributed by atoms with van der Waals surface area (Å²) in [5.41, 5.74) is 2.71. The Morgan fingerprint density at radius 1 is 1.12 bits per heavy atom. The van der Waals surface area contributed by atoms with E-state index in [4.69, 9.17) is 9.73 Å². The Morgan fingerprint density at radius 2 is 1.86 bits per heavy atom. The number of rotatable bonds is 14. The van der Waals surface area contributed by atoms with E-state index in [0.717, 1.165) is 12.8 Å². The standard InChI is InChI=1S/C28H37N5O8S/c1-4-7-21-25(19-34)30(3)28(35)23-18-24(29-27(21)23)22-17-20(8-9-26(22)40-15-5-2)42(38,39)32-13-11-31(12-14-32)10-6-16-41-33(36)37/h8-9,17,19H,4-7,10-16,18H2,1-3H3. The lowest BCUT2D eigenvalue weighted by Crippen LogP contribution is -2.48. The normalized spacial score (nSPS) is 15.7. The summed E-state index contributed by atoms with van der Waals surface area (Å²) in [6, 6.07) is 4.73. The van der Waals surface area contributed by atoms with Gasteiger partial charge >= 0.3 is 0 Å². The van der Waals surface area contributed by atoms with Crippen LogP contribution in [0.15, 0.2) is 32.9 Å². The zero-order chi connectivity index (χ0) is 30.4. The number of pyridine rings is 1. The number of hydrogen-bond acceptors (Lipinski definition) is 10. The van der Waals surface area contributed by atoms with Crippen LogP contribution in [0.2, 0.25) is 0 Å². The van der Waals surface area contributed by atoms with Crippen LogP contribution >= 0.6 is 0 Å². The van der Waals surface area contributed by atoms with Crippen molar-refractivity contribution in [2.75, 3.05) is 45.9 Å². The number of aldehydes is 1. The van der Waals surface area contributed by atoms with Gasteiger partial charge in [-0.05, 0) is 37.5 Å². The molecule has 0 N–H and O–H groups in total. The first-order valence-electron chi connectivity index (χ1n) is 14.2. The summed E-state index contributed by atoms with van der Waals surface area (Å²) in [5, 5.41) is 9.51. The van der Waals surface area contributed by atoms with Gasteiger partial charge in [-0.2, -0.15) is 4.31 Å². The third-order valence-electron chi connectivity index (χ3n) is 7.52. The molecule has 1 saturated heterocycles. The Bertz CT molecular complexity index is 1530. The van der Waals surface area contributed by atoms with Gasteiger partial charge in [0.1, 0.15) is 5.75 Å². The van der Waals surface area contributed by atoms with Gasteiger partial charge in [-0.25, -0.2) is 8.42 Å². The van der Waals surface area contributed by atoms with E-state index in [0.29, 0.717) is 84.9 Å². The molecule has 0 unspecified atom stereocenters. The van der Waals surface area contributed by atoms with Crippen molar-refractivity contribution in [3.63, 3.8) is 0 Å². The van der Waals surface area contributed by atoms with E-state index in [1.165, 1.54) is 14.9 Å². The molecule has 0 bridgehead atoms. The molecule has 0 spiro atoms. The van der Waals surface area contributed by atoms with Crippen molar-refractivity contribution in [2.24, 2.45) is 12.0 Å². The van der Waals surface area contributed by atoms with Crippen LogP contribution in [-0.2, 0) is 34.8 Å². The number of hydrogen-bond donors (Lipinski definition) is 0. The number of aliphatic imine (C=N–C) groups is 1. The molecular weight excluding hydrogens is 566 g/mol. The Balaban J connectivity index is 1.62. The minimum absolute atomic E-state index is 0.00299. The second-order valence-corrected chi connectivity index (χ2v) is 12.3. The van der Waals surface area contributed by atoms with Crippen molar-refractivity contribution in [3.8, 4) is 5.75 Å². The van der Waals surface area contributed by atoms with Crippen molar-refractivity contribution < 1.29 is 27.9 Å². The van der Waals surface area contributed by atoms with Gasteiger partial charge in [-0.3, -0.25) is 14.6 Å². The van der Waals surface area contributed by atoms with Gasteiger partial charge in [0.25, 0.3) is 10.6 Å². The van der Waals surface area contributed by atoms with E-state index < -0.39 is 15.1 Å². The average Bonchev–Trinajstić information content (AvgIpc) is 3.43. The molecule has 14 heteroatoms. The second kappa shape index (κ2) is 13.6. The molecule has 0 amide bonds. The van der Waals surface area contributed by atoms with Crippen LogP contribution in [0.4, 0.5) is 5.69 Å². The maximum Gasteiger partial charge on any atom is 0.294 e. The molecule has 13 nitrogen and oxygen atoms in total. The topological polar surface area (TPSA) is 154 Å². The molecule has 0 aliphatic carbocycles. The molecule has 2 aliphatic heterocycles. The largest absolute Gasteiger partial charge is 0.493 e. The molecule has 3 heterocycles. The number of nitrogens with zero attached hydrogens (tertiary/aromatic N) is 5. The van der Waals surface area contributed by atoms with Crippen LogP contribution in [0.25, 0.3) is 0 Å². The lowest BCUT2D eigenvalue weighted by molar-refractivity contribution is -0.757. The van der Waals surface area contributed by atoms with Crippen LogP contribution in [0.1, 0.15) is 60.3 Å². The van der Waals surface area contributed by atoms with E-state index in [9.17, 15) is 28.1 Å². The van der Waals surface area contributed by atoms with Gasteiger partial charge in [0.15, 0.2) is 6.29 Å². The first-order chi connectivity index (χ1) is 20.1. The van der Waals surface area contributed by atoms with Crippen LogP contribution in [-0.4, -0.2) is 85.2 Å². The van der Waals surface area contributed by atoms with Crippen molar-refractivity contribution in [3.05, 3.63) is 61.1 Å². The lowest BCUT2D eigenvalue weighted by Gasteiger charge is -2.34. The molecule has 4 rings (SSSR count). The molecule has 1 aromatic heterocycles. The number of aromatic nitrogens is 1. The minimum atomic E-state index is -3.85. The molecule has 0 radical (unpaired) electrons. The van der Waals surface area contributed by atoms with Crippen molar-refractivity contribution in [1.82, 2.24) is 13.8 Å². The fourth-order valence-corrected chi connectivity index (χ4v) is 6.81. The zero-order valence-electron chi connectivity index (χ0n) is 24.2. The van der Waals surface area contributed by atoms with Crippen molar-refractivity contribution in [1.29, 1.82) is 0 Å². The number of fused-ring (bicyclic) bond motifs is 1. The van der Waals surface area contributed by atoms with E-state index in [1.54, 1.807) is 19.2 Å². The molecule has 0 atom stereocenters. The summed E-state index contributed by atoms with van der Waals surface area (Å²) >= 11 is 0. The molecule has 2 aromatic rings. The fraction of sp³-hybridized carbons (Fsp3) is 0.536. The molecule has 2 aliphatic rings. The van der Waals surface area contributed by atoms with Crippen LogP contribution in [0.3, 0.4) is 0 Å². The SMILES string of the molecule is CCCOc1ccc(S(=O)(=O)N2CCN(CCCO[N+](=O)[O-])CC2)cc1C1=Nc2c(CCC)c(C=O)n(C)c(=O)c2C1. The predicted octanol–water partition coefficient (Wildman–Crippen LogP) is 2.52. The van der Waals surface area contributed by atoms with E-state index in [2.05, 4.69) is 9.74 Å². The number of piperazine rings is 1. The molecule has 1 fully saturated rings. The molecule has 1 aromatic carbocycles. The Kier molecular flexibility index (Phi) is 10.1. The number of carbonyl (C=O) groups excluding carboxylic acids is 1. The van der Waals surface area contributed by atoms with Gasteiger partial charge in [-0.1, -0.05) is 20.3 Å². The number of sulfonamides is 1. The third-order valence-corrected chi connectivity index (χ3v) is 9.41. The Hall–Kier alpha value is -3.62. The van der Waals surface area contributed by atoms with Crippen LogP contribution < -0.4 is 10.3 Å². The number of benzene rings is 1. The highest BCUT2D eigenvalue weighted by Gasteiger charge is 2.31. The summed E-state index contributed by atoms with van der Waals surface area (Å²) in [5.74, 6) is 0.480. The number of ether oxygens (including phenoxy) is 1. The summed E-state index contributed by atoms with van der Waals surface area (Å²) in [6.07, 6.45) is 3.43. The number of carbonyl (C=O) groups is 1. The average molecular weight is 604 g/mol. The predicted molar refractivity (Wildman–Crippen MR) is 156 cm³/mol. The maximum atomic E-state index is 13.7. The molecule has 228 valence electrons. The van der Waals surface area contributed by atoms with Gasteiger partial charge < -0.3 is 19.0 Å². The molecule has 42 heavy (non-hydrogen) atoms. The summed E-state index contributed by atoms with van der Waals surface area (Å²) in [7, 11) is -2.27. The minimum Gasteiger partial charge on any atom is -0.493 e. The zero-order valence-corrected chi connectivity index (χ0v) is 25.0. The Morgan fingerprint density at radius 3 is 2.50 bits per heavy atom. The monoisotopic (exact) mass is 603 g/mol. The van der Waals surface area contributed by atoms with Crippen LogP contribution in [0.5, 0.6) is 5.75 Å². The fourth-order valence-electron chi connectivity index (χ4n) is 5.36. The highest BCUT2D eigenvalue weighted by molar-refractivity contribution is 7.89. The van der Waals surface area contributed by atoms with Gasteiger partial charge in [-0.15, -0.1) is 10.1 Å². The van der Waals surface area contributed by atoms with E-state index in [-0.39, 0.29) is 36.6 Å². The lowest BCUT2D eigenvalue weighted by atomic mass is 10.00. The molecular formula is C28H37N5O8S. The summed E-state index contributed by atoms with van der Waals surface area (Å²) in [4.78, 5) is 46.7. The Labute approximate surface area is 244 Å². The summed E-state index contributed by atoms with van der Waals surface area (Å²) in [6.45, 7) is 6.49. The maximum absolute atomic E-state index is 13.7. The summed E-state index contributed by atoms with van der Waals surface area (Å²) < 4.78 is 36.2. The first kappa shape index (κ1) is 31.3. The van der Waals surface area contributed by atoms with E-state index in [1.807, 2.05) is 13.8 Å². The van der Waals surface area contributed by atoms with Gasteiger partial charge in [0.05, 0.1) is 35.2 Å². The molecule has 0 saturated carbocycles. The highest BCUT2D eigenvalue weighted by atomic mass is 32.2. The first-order valence-corrected chi connectivity index (χ1v) is 15.6. The van der Waals surface area contributed by atoms with Gasteiger partial charge in [0.2, 0.25) is 10.0 Å². The smallest absolute Gasteiger partial charge is 0.294 e. The van der Waals surface area contributed by atoms with E-state index >= 15 is 0 Å². The van der Waals surface area contributed by atoms with Crippen LogP contribution in [0, 0.1) is 10.1 Å². The second-order valence-electron chi connectivity index (χ2n) is 10.3. The van der Waals surface area contributed by atoms with Gasteiger partial charge in [0, 0.05) is 62.9 Å².